The van der Waals surface area contributed by atoms with Crippen molar-refractivity contribution in [3.63, 3.8) is 0 Å². The van der Waals surface area contributed by atoms with E-state index in [1.165, 1.54) is 24.3 Å². The Balaban J connectivity index is 1.97. The van der Waals surface area contributed by atoms with Gasteiger partial charge < -0.3 is 10.2 Å². The van der Waals surface area contributed by atoms with Gasteiger partial charge in [0, 0.05) is 16.1 Å². The van der Waals surface area contributed by atoms with Crippen LogP contribution in [0.2, 0.25) is 0 Å². The predicted molar refractivity (Wildman–Crippen MR) is 113 cm³/mol. The number of phenolic OH excluding ortho intramolecular Hbond substituents is 1. The molecule has 0 bridgehead atoms. The van der Waals surface area contributed by atoms with Crippen molar-refractivity contribution in [1.29, 1.82) is 0 Å². The maximum atomic E-state index is 14.6. The molecule has 1 atom stereocenters. The Morgan fingerprint density at radius 3 is 2.23 bits per heavy atom. The van der Waals surface area contributed by atoms with E-state index in [9.17, 15) is 28.6 Å². The number of benzene rings is 3. The Kier molecular flexibility index (Phi) is 5.32. The van der Waals surface area contributed by atoms with Gasteiger partial charge in [-0.1, -0.05) is 40.2 Å². The molecule has 3 aromatic carbocycles. The fraction of sp³-hybridized carbons (Fsp3) is 0.0435. The molecule has 0 radical (unpaired) electrons. The standard InChI is InChI=1S/C23H14BrF2NO4/c24-14-5-1-13(2-6-14)21(29)19-20(12-3-8-16(28)9-4-12)27(23(31)22(19)30)18-11-15(25)7-10-17(18)26/h1-11,20,28-29H/b21-19+. The molecule has 0 aliphatic carbocycles. The van der Waals surface area contributed by atoms with E-state index in [4.69, 9.17) is 0 Å². The monoisotopic (exact) mass is 485 g/mol. The third-order valence-corrected chi connectivity index (χ3v) is 5.47. The molecule has 0 spiro atoms. The third kappa shape index (κ3) is 3.70. The van der Waals surface area contributed by atoms with Gasteiger partial charge in [0.05, 0.1) is 17.3 Å². The van der Waals surface area contributed by atoms with Crippen molar-refractivity contribution in [3.8, 4) is 5.75 Å². The van der Waals surface area contributed by atoms with Crippen LogP contribution in [0.3, 0.4) is 0 Å². The van der Waals surface area contributed by atoms with Gasteiger partial charge in [-0.2, -0.15) is 0 Å². The number of halogens is 3. The second kappa shape index (κ2) is 7.96. The minimum absolute atomic E-state index is 0.0643. The van der Waals surface area contributed by atoms with E-state index in [1.54, 1.807) is 24.3 Å². The summed E-state index contributed by atoms with van der Waals surface area (Å²) in [5.74, 6) is -4.37. The Morgan fingerprint density at radius 1 is 0.935 bits per heavy atom. The minimum atomic E-state index is -1.24. The number of rotatable bonds is 3. The number of carbonyl (C=O) groups is 2. The number of aliphatic hydroxyl groups is 1. The summed E-state index contributed by atoms with van der Waals surface area (Å²) >= 11 is 3.28. The minimum Gasteiger partial charge on any atom is -0.508 e. The lowest BCUT2D eigenvalue weighted by Crippen LogP contribution is -2.30. The summed E-state index contributed by atoms with van der Waals surface area (Å²) in [5, 5.41) is 20.5. The Bertz CT molecular complexity index is 1220. The molecular formula is C23H14BrF2NO4. The summed E-state index contributed by atoms with van der Waals surface area (Å²) in [5.41, 5.74) is -0.124. The molecule has 1 saturated heterocycles. The summed E-state index contributed by atoms with van der Waals surface area (Å²) in [6.07, 6.45) is 0. The van der Waals surface area contributed by atoms with Crippen LogP contribution in [0, 0.1) is 11.6 Å². The number of phenols is 1. The zero-order valence-corrected chi connectivity index (χ0v) is 17.3. The number of Topliss-reactive ketones (excluding diaryl/α,β-unsaturated/α-hetero) is 1. The third-order valence-electron chi connectivity index (χ3n) is 4.94. The highest BCUT2D eigenvalue weighted by molar-refractivity contribution is 9.10. The second-order valence-corrected chi connectivity index (χ2v) is 7.78. The van der Waals surface area contributed by atoms with Crippen LogP contribution in [-0.4, -0.2) is 21.9 Å². The lowest BCUT2D eigenvalue weighted by molar-refractivity contribution is -0.132. The van der Waals surface area contributed by atoms with E-state index >= 15 is 0 Å². The van der Waals surface area contributed by atoms with E-state index < -0.39 is 40.8 Å². The van der Waals surface area contributed by atoms with Crippen molar-refractivity contribution in [2.75, 3.05) is 4.90 Å². The second-order valence-electron chi connectivity index (χ2n) is 6.86. The molecule has 1 aliphatic heterocycles. The van der Waals surface area contributed by atoms with E-state index in [2.05, 4.69) is 15.9 Å². The highest BCUT2D eigenvalue weighted by atomic mass is 79.9. The molecule has 0 saturated carbocycles. The Hall–Kier alpha value is -3.52. The number of hydrogen-bond acceptors (Lipinski definition) is 4. The molecule has 1 heterocycles. The van der Waals surface area contributed by atoms with Gasteiger partial charge in [0.2, 0.25) is 0 Å². The number of amides is 1. The molecule has 31 heavy (non-hydrogen) atoms. The maximum absolute atomic E-state index is 14.6. The molecule has 0 aromatic heterocycles. The summed E-state index contributed by atoms with van der Waals surface area (Å²) in [7, 11) is 0. The first-order chi connectivity index (χ1) is 14.8. The van der Waals surface area contributed by atoms with Crippen molar-refractivity contribution in [2.45, 2.75) is 6.04 Å². The van der Waals surface area contributed by atoms with Crippen molar-refractivity contribution >= 4 is 39.1 Å². The number of aliphatic hydroxyl groups excluding tert-OH is 1. The SMILES string of the molecule is O=C1C(=O)N(c2cc(F)ccc2F)C(c2ccc(O)cc2)/C1=C(\O)c1ccc(Br)cc1. The van der Waals surface area contributed by atoms with Crippen LogP contribution in [0.25, 0.3) is 5.76 Å². The van der Waals surface area contributed by atoms with Gasteiger partial charge in [0.1, 0.15) is 23.1 Å². The number of aromatic hydroxyl groups is 1. The average molecular weight is 486 g/mol. The number of anilines is 1. The molecule has 4 rings (SSSR count). The number of nitrogens with zero attached hydrogens (tertiary/aromatic N) is 1. The first kappa shape index (κ1) is 20.7. The Morgan fingerprint density at radius 2 is 1.58 bits per heavy atom. The predicted octanol–water partition coefficient (Wildman–Crippen LogP) is 5.06. The number of carbonyl (C=O) groups excluding carboxylic acids is 2. The van der Waals surface area contributed by atoms with E-state index in [-0.39, 0.29) is 16.9 Å². The fourth-order valence-corrected chi connectivity index (χ4v) is 3.75. The molecule has 1 fully saturated rings. The van der Waals surface area contributed by atoms with Gasteiger partial charge in [-0.05, 0) is 42.0 Å². The number of ketones is 1. The molecule has 2 N–H and O–H groups in total. The van der Waals surface area contributed by atoms with E-state index in [0.717, 1.165) is 27.6 Å². The van der Waals surface area contributed by atoms with Crippen LogP contribution in [0.5, 0.6) is 5.75 Å². The quantitative estimate of drug-likeness (QED) is 0.308. The van der Waals surface area contributed by atoms with Gasteiger partial charge in [-0.3, -0.25) is 14.5 Å². The Labute approximate surface area is 184 Å². The van der Waals surface area contributed by atoms with Gasteiger partial charge in [-0.25, -0.2) is 8.78 Å². The van der Waals surface area contributed by atoms with Gasteiger partial charge in [-0.15, -0.1) is 0 Å². The fourth-order valence-electron chi connectivity index (χ4n) is 3.49. The average Bonchev–Trinajstić information content (AvgIpc) is 3.01. The van der Waals surface area contributed by atoms with Crippen molar-refractivity contribution < 1.29 is 28.6 Å². The highest BCUT2D eigenvalue weighted by Crippen LogP contribution is 2.43. The van der Waals surface area contributed by atoms with Gasteiger partial charge in [0.15, 0.2) is 0 Å². The van der Waals surface area contributed by atoms with E-state index in [1.807, 2.05) is 0 Å². The summed E-state index contributed by atoms with van der Waals surface area (Å²) in [4.78, 5) is 26.7. The van der Waals surface area contributed by atoms with Crippen LogP contribution in [0.4, 0.5) is 14.5 Å². The normalized spacial score (nSPS) is 17.9. The van der Waals surface area contributed by atoms with Crippen molar-refractivity contribution in [3.05, 3.63) is 99.5 Å². The smallest absolute Gasteiger partial charge is 0.300 e. The molecule has 8 heteroatoms. The topological polar surface area (TPSA) is 77.8 Å². The first-order valence-electron chi connectivity index (χ1n) is 9.09. The lowest BCUT2D eigenvalue weighted by atomic mass is 9.95. The maximum Gasteiger partial charge on any atom is 0.300 e. The molecule has 1 amide bonds. The molecule has 1 unspecified atom stereocenters. The van der Waals surface area contributed by atoms with Crippen LogP contribution < -0.4 is 4.90 Å². The van der Waals surface area contributed by atoms with Gasteiger partial charge >= 0.3 is 0 Å². The molecule has 3 aromatic rings. The lowest BCUT2D eigenvalue weighted by Gasteiger charge is -2.25. The summed E-state index contributed by atoms with van der Waals surface area (Å²) in [6, 6.07) is 13.2. The van der Waals surface area contributed by atoms with Crippen LogP contribution in [0.15, 0.2) is 76.8 Å². The van der Waals surface area contributed by atoms with E-state index in [0.29, 0.717) is 5.56 Å². The highest BCUT2D eigenvalue weighted by Gasteiger charge is 2.47. The number of hydrogen-bond donors (Lipinski definition) is 2. The first-order valence-corrected chi connectivity index (χ1v) is 9.88. The summed E-state index contributed by atoms with van der Waals surface area (Å²) < 4.78 is 29.2. The summed E-state index contributed by atoms with van der Waals surface area (Å²) in [6.45, 7) is 0. The van der Waals surface area contributed by atoms with Crippen LogP contribution in [0.1, 0.15) is 17.2 Å². The van der Waals surface area contributed by atoms with Gasteiger partial charge in [0.25, 0.3) is 11.7 Å². The zero-order valence-electron chi connectivity index (χ0n) is 15.7. The zero-order chi connectivity index (χ0) is 22.3. The van der Waals surface area contributed by atoms with Crippen molar-refractivity contribution in [2.24, 2.45) is 0 Å². The molecular weight excluding hydrogens is 472 g/mol. The molecule has 156 valence electrons. The largest absolute Gasteiger partial charge is 0.508 e. The van der Waals surface area contributed by atoms with Crippen LogP contribution >= 0.6 is 15.9 Å². The van der Waals surface area contributed by atoms with Crippen LogP contribution in [-0.2, 0) is 9.59 Å². The van der Waals surface area contributed by atoms with Crippen molar-refractivity contribution in [1.82, 2.24) is 0 Å². The molecule has 1 aliphatic rings. The molecule has 5 nitrogen and oxygen atoms in total.